The number of ether oxygens (including phenoxy) is 1. The van der Waals surface area contributed by atoms with Crippen molar-refractivity contribution in [2.24, 2.45) is 5.92 Å². The largest absolute Gasteiger partial charge is 0.494 e. The van der Waals surface area contributed by atoms with Crippen molar-refractivity contribution in [3.8, 4) is 17.4 Å². The highest BCUT2D eigenvalue weighted by Gasteiger charge is 2.21. The Bertz CT molecular complexity index is 834. The summed E-state index contributed by atoms with van der Waals surface area (Å²) in [5.74, 6) is 1.49. The van der Waals surface area contributed by atoms with Crippen molar-refractivity contribution in [3.05, 3.63) is 41.8 Å². The number of nitrogens with zero attached hydrogens (tertiary/aromatic N) is 4. The van der Waals surface area contributed by atoms with Gasteiger partial charge in [-0.2, -0.15) is 10.1 Å². The van der Waals surface area contributed by atoms with Gasteiger partial charge in [0.25, 0.3) is 0 Å². The van der Waals surface area contributed by atoms with Gasteiger partial charge in [-0.15, -0.1) is 0 Å². The monoisotopic (exact) mass is 360 g/mol. The van der Waals surface area contributed by atoms with Gasteiger partial charge >= 0.3 is 0 Å². The summed E-state index contributed by atoms with van der Waals surface area (Å²) in [6.07, 6.45) is 2.17. The van der Waals surface area contributed by atoms with Crippen LogP contribution in [0.25, 0.3) is 11.6 Å². The van der Waals surface area contributed by atoms with E-state index in [4.69, 9.17) is 9.26 Å². The Morgan fingerprint density at radius 1 is 1.35 bits per heavy atom. The Hall–Kier alpha value is -2.81. The van der Waals surface area contributed by atoms with Crippen molar-refractivity contribution in [1.82, 2.24) is 30.6 Å². The van der Waals surface area contributed by atoms with Crippen molar-refractivity contribution in [2.45, 2.75) is 32.9 Å². The highest BCUT2D eigenvalue weighted by atomic mass is 19.1. The van der Waals surface area contributed by atoms with Crippen LogP contribution in [-0.4, -0.2) is 32.4 Å². The van der Waals surface area contributed by atoms with E-state index in [9.17, 15) is 4.39 Å². The average Bonchev–Trinajstić information content (AvgIpc) is 3.29. The van der Waals surface area contributed by atoms with Crippen molar-refractivity contribution < 1.29 is 13.7 Å². The molecule has 0 unspecified atom stereocenters. The molecule has 1 atom stereocenters. The van der Waals surface area contributed by atoms with E-state index in [1.54, 1.807) is 6.07 Å². The van der Waals surface area contributed by atoms with Crippen molar-refractivity contribution in [1.29, 1.82) is 0 Å². The second-order valence-corrected chi connectivity index (χ2v) is 6.32. The minimum Gasteiger partial charge on any atom is -0.494 e. The van der Waals surface area contributed by atoms with Gasteiger partial charge in [-0.25, -0.2) is 9.37 Å². The zero-order valence-corrected chi connectivity index (χ0v) is 14.9. The molecule has 0 spiro atoms. The smallest absolute Gasteiger partial charge is 0.244 e. The second-order valence-electron chi connectivity index (χ2n) is 6.32. The van der Waals surface area contributed by atoms with Crippen molar-refractivity contribution >= 4 is 0 Å². The van der Waals surface area contributed by atoms with Crippen LogP contribution in [-0.2, 0) is 6.54 Å². The van der Waals surface area contributed by atoms with Gasteiger partial charge in [0.1, 0.15) is 6.33 Å². The van der Waals surface area contributed by atoms with Gasteiger partial charge < -0.3 is 14.6 Å². The van der Waals surface area contributed by atoms with E-state index in [-0.39, 0.29) is 11.8 Å². The Kier molecular flexibility index (Phi) is 5.57. The molecule has 0 bridgehead atoms. The number of nitrogens with one attached hydrogen (secondary N) is 2. The number of H-pyrrole nitrogens is 1. The number of hydrogen-bond donors (Lipinski definition) is 2. The van der Waals surface area contributed by atoms with Crippen LogP contribution >= 0.6 is 0 Å². The van der Waals surface area contributed by atoms with E-state index in [1.165, 1.54) is 19.5 Å². The molecular formula is C17H21FN6O2. The molecule has 2 heterocycles. The molecule has 3 aromatic rings. The minimum absolute atomic E-state index is 0.163. The first kappa shape index (κ1) is 18.0. The fourth-order valence-electron chi connectivity index (χ4n) is 2.59. The van der Waals surface area contributed by atoms with Crippen LogP contribution in [0.5, 0.6) is 5.75 Å². The predicted octanol–water partition coefficient (Wildman–Crippen LogP) is 2.88. The summed E-state index contributed by atoms with van der Waals surface area (Å²) in [5, 5.41) is 13.8. The van der Waals surface area contributed by atoms with Gasteiger partial charge in [-0.05, 0) is 30.0 Å². The molecule has 26 heavy (non-hydrogen) atoms. The van der Waals surface area contributed by atoms with Gasteiger partial charge in [0, 0.05) is 6.54 Å². The quantitative estimate of drug-likeness (QED) is 0.637. The molecule has 0 aliphatic heterocycles. The van der Waals surface area contributed by atoms with Crippen LogP contribution in [0.2, 0.25) is 0 Å². The Morgan fingerprint density at radius 2 is 2.19 bits per heavy atom. The lowest BCUT2D eigenvalue weighted by Gasteiger charge is -2.17. The lowest BCUT2D eigenvalue weighted by molar-refractivity contribution is 0.303. The van der Waals surface area contributed by atoms with Crippen molar-refractivity contribution in [2.75, 3.05) is 7.11 Å². The maximum absolute atomic E-state index is 13.9. The van der Waals surface area contributed by atoms with Gasteiger partial charge in [-0.3, -0.25) is 5.10 Å². The summed E-state index contributed by atoms with van der Waals surface area (Å²) in [7, 11) is 1.44. The molecule has 0 saturated heterocycles. The molecular weight excluding hydrogens is 339 g/mol. The Labute approximate surface area is 150 Å². The summed E-state index contributed by atoms with van der Waals surface area (Å²) < 4.78 is 24.2. The first-order valence-electron chi connectivity index (χ1n) is 8.32. The standard InChI is InChI=1S/C17H21FN6O2/c1-10(2)6-13(17-22-16(24-26-17)15-20-9-21-23-15)19-8-11-4-5-14(25-3)12(18)7-11/h4-5,7,9-10,13,19H,6,8H2,1-3H3,(H,20,21,23)/t13-/m0/s1. The SMILES string of the molecule is COc1ccc(CN[C@@H](CC(C)C)c2nc(-c3ncn[nH]3)no2)cc1F. The van der Waals surface area contributed by atoms with E-state index in [0.29, 0.717) is 30.0 Å². The second kappa shape index (κ2) is 8.05. The Morgan fingerprint density at radius 3 is 2.85 bits per heavy atom. The van der Waals surface area contributed by atoms with E-state index >= 15 is 0 Å². The highest BCUT2D eigenvalue weighted by molar-refractivity contribution is 5.39. The molecule has 0 saturated carbocycles. The molecule has 8 nitrogen and oxygen atoms in total. The van der Waals surface area contributed by atoms with Crippen LogP contribution in [0.4, 0.5) is 4.39 Å². The number of aromatic amines is 1. The fraction of sp³-hybridized carbons (Fsp3) is 0.412. The van der Waals surface area contributed by atoms with Crippen molar-refractivity contribution in [3.63, 3.8) is 0 Å². The maximum Gasteiger partial charge on any atom is 0.244 e. The van der Waals surface area contributed by atoms with Gasteiger partial charge in [0.05, 0.1) is 13.2 Å². The molecule has 9 heteroatoms. The van der Waals surface area contributed by atoms with Crippen LogP contribution < -0.4 is 10.1 Å². The summed E-state index contributed by atoms with van der Waals surface area (Å²) >= 11 is 0. The number of methoxy groups -OCH3 is 1. The number of halogens is 1. The number of hydrogen-bond acceptors (Lipinski definition) is 7. The number of aromatic nitrogens is 5. The summed E-state index contributed by atoms with van der Waals surface area (Å²) in [6.45, 7) is 4.67. The Balaban J connectivity index is 1.73. The lowest BCUT2D eigenvalue weighted by Crippen LogP contribution is -2.23. The normalized spacial score (nSPS) is 12.5. The molecule has 2 N–H and O–H groups in total. The fourth-order valence-corrected chi connectivity index (χ4v) is 2.59. The minimum atomic E-state index is -0.391. The third-order valence-electron chi connectivity index (χ3n) is 3.84. The average molecular weight is 360 g/mol. The molecule has 0 aliphatic carbocycles. The van der Waals surface area contributed by atoms with E-state index in [2.05, 4.69) is 44.5 Å². The van der Waals surface area contributed by atoms with E-state index in [0.717, 1.165) is 12.0 Å². The van der Waals surface area contributed by atoms with Gasteiger partial charge in [0.15, 0.2) is 17.4 Å². The van der Waals surface area contributed by atoms with Crippen LogP contribution in [0.15, 0.2) is 29.0 Å². The summed E-state index contributed by atoms with van der Waals surface area (Å²) in [5.41, 5.74) is 0.798. The maximum atomic E-state index is 13.9. The third-order valence-corrected chi connectivity index (χ3v) is 3.84. The molecule has 3 rings (SSSR count). The van der Waals surface area contributed by atoms with Gasteiger partial charge in [0.2, 0.25) is 11.7 Å². The van der Waals surface area contributed by atoms with E-state index in [1.807, 2.05) is 6.07 Å². The zero-order valence-electron chi connectivity index (χ0n) is 14.9. The van der Waals surface area contributed by atoms with Gasteiger partial charge in [-0.1, -0.05) is 25.1 Å². The highest BCUT2D eigenvalue weighted by Crippen LogP contribution is 2.23. The molecule has 0 aliphatic rings. The summed E-state index contributed by atoms with van der Waals surface area (Å²) in [4.78, 5) is 8.41. The topological polar surface area (TPSA) is 102 Å². The number of rotatable bonds is 8. The molecule has 0 fully saturated rings. The molecule has 138 valence electrons. The molecule has 0 amide bonds. The van der Waals surface area contributed by atoms with Crippen LogP contribution in [0, 0.1) is 11.7 Å². The van der Waals surface area contributed by atoms with Crippen LogP contribution in [0.3, 0.4) is 0 Å². The zero-order chi connectivity index (χ0) is 18.5. The lowest BCUT2D eigenvalue weighted by atomic mass is 10.0. The first-order valence-corrected chi connectivity index (χ1v) is 8.32. The van der Waals surface area contributed by atoms with Crippen LogP contribution in [0.1, 0.15) is 37.8 Å². The predicted molar refractivity (Wildman–Crippen MR) is 91.7 cm³/mol. The van der Waals surface area contributed by atoms with E-state index < -0.39 is 5.82 Å². The molecule has 2 aromatic heterocycles. The third kappa shape index (κ3) is 4.23. The number of benzene rings is 1. The first-order chi connectivity index (χ1) is 12.6. The molecule has 1 aromatic carbocycles. The summed E-state index contributed by atoms with van der Waals surface area (Å²) in [6, 6.07) is 4.71. The molecule has 0 radical (unpaired) electrons.